The normalized spacial score (nSPS) is 11.8. The maximum absolute atomic E-state index is 5.68. The van der Waals surface area contributed by atoms with E-state index < -0.39 is 0 Å². The van der Waals surface area contributed by atoms with Gasteiger partial charge in [-0.2, -0.15) is 0 Å². The van der Waals surface area contributed by atoms with E-state index in [4.69, 9.17) is 21.1 Å². The summed E-state index contributed by atoms with van der Waals surface area (Å²) in [6, 6.07) is 3.68. The molecule has 1 aromatic heterocycles. The number of methoxy groups -OCH3 is 1. The van der Waals surface area contributed by atoms with Crippen LogP contribution in [0.5, 0.6) is 0 Å². The Kier molecular flexibility index (Phi) is 5.19. The van der Waals surface area contributed by atoms with Crippen molar-refractivity contribution in [1.82, 2.24) is 4.98 Å². The van der Waals surface area contributed by atoms with Crippen molar-refractivity contribution >= 4 is 11.6 Å². The first-order valence-corrected chi connectivity index (χ1v) is 5.64. The number of pyridine rings is 1. The van der Waals surface area contributed by atoms with Gasteiger partial charge in [-0.15, -0.1) is 0 Å². The van der Waals surface area contributed by atoms with E-state index >= 15 is 0 Å². The zero-order valence-electron chi connectivity index (χ0n) is 10.00. The van der Waals surface area contributed by atoms with E-state index in [1.807, 2.05) is 19.9 Å². The Morgan fingerprint density at radius 2 is 2.12 bits per heavy atom. The largest absolute Gasteiger partial charge is 0.379 e. The van der Waals surface area contributed by atoms with Crippen molar-refractivity contribution in [1.29, 1.82) is 0 Å². The van der Waals surface area contributed by atoms with Gasteiger partial charge in [0.2, 0.25) is 0 Å². The first-order valence-electron chi connectivity index (χ1n) is 5.27. The SMILES string of the molecule is COC(C)(C)CCOCc1ccc(Cl)nc1. The minimum absolute atomic E-state index is 0.127. The van der Waals surface area contributed by atoms with E-state index in [1.54, 1.807) is 19.4 Å². The van der Waals surface area contributed by atoms with Gasteiger partial charge in [-0.25, -0.2) is 4.98 Å². The molecular formula is C12H18ClNO2. The molecule has 0 fully saturated rings. The monoisotopic (exact) mass is 243 g/mol. The van der Waals surface area contributed by atoms with Crippen LogP contribution in [0.15, 0.2) is 18.3 Å². The molecule has 0 unspecified atom stereocenters. The topological polar surface area (TPSA) is 31.4 Å². The van der Waals surface area contributed by atoms with E-state index in [2.05, 4.69) is 4.98 Å². The zero-order chi connectivity index (χ0) is 12.0. The third-order valence-electron chi connectivity index (χ3n) is 2.46. The van der Waals surface area contributed by atoms with Crippen molar-refractivity contribution in [2.75, 3.05) is 13.7 Å². The highest BCUT2D eigenvalue weighted by molar-refractivity contribution is 6.29. The van der Waals surface area contributed by atoms with Gasteiger partial charge < -0.3 is 9.47 Å². The van der Waals surface area contributed by atoms with E-state index in [-0.39, 0.29) is 5.60 Å². The fourth-order valence-corrected chi connectivity index (χ4v) is 1.21. The maximum Gasteiger partial charge on any atom is 0.129 e. The predicted molar refractivity (Wildman–Crippen MR) is 64.6 cm³/mol. The highest BCUT2D eigenvalue weighted by Gasteiger charge is 2.15. The van der Waals surface area contributed by atoms with Gasteiger partial charge >= 0.3 is 0 Å². The van der Waals surface area contributed by atoms with E-state index in [9.17, 15) is 0 Å². The summed E-state index contributed by atoms with van der Waals surface area (Å²) in [5, 5.41) is 0.504. The second-order valence-corrected chi connectivity index (χ2v) is 4.64. The van der Waals surface area contributed by atoms with Crippen molar-refractivity contribution in [3.8, 4) is 0 Å². The van der Waals surface area contributed by atoms with Crippen molar-refractivity contribution in [3.63, 3.8) is 0 Å². The first kappa shape index (κ1) is 13.4. The molecule has 1 rings (SSSR count). The average molecular weight is 244 g/mol. The number of aromatic nitrogens is 1. The molecule has 16 heavy (non-hydrogen) atoms. The molecule has 4 heteroatoms. The first-order chi connectivity index (χ1) is 7.53. The molecule has 0 radical (unpaired) electrons. The van der Waals surface area contributed by atoms with Gasteiger partial charge in [0.05, 0.1) is 12.2 Å². The van der Waals surface area contributed by atoms with Crippen LogP contribution in [0.1, 0.15) is 25.8 Å². The minimum Gasteiger partial charge on any atom is -0.379 e. The number of halogens is 1. The lowest BCUT2D eigenvalue weighted by atomic mass is 10.1. The predicted octanol–water partition coefficient (Wildman–Crippen LogP) is 3.07. The van der Waals surface area contributed by atoms with Gasteiger partial charge in [-0.1, -0.05) is 17.7 Å². The van der Waals surface area contributed by atoms with E-state index in [0.29, 0.717) is 18.4 Å². The van der Waals surface area contributed by atoms with Gasteiger partial charge in [0, 0.05) is 19.9 Å². The quantitative estimate of drug-likeness (QED) is 0.568. The Labute approximate surface area is 102 Å². The maximum atomic E-state index is 5.68. The van der Waals surface area contributed by atoms with Gasteiger partial charge in [-0.3, -0.25) is 0 Å². The molecule has 0 aromatic carbocycles. The molecule has 0 bridgehead atoms. The van der Waals surface area contributed by atoms with Crippen LogP contribution in [0.4, 0.5) is 0 Å². The van der Waals surface area contributed by atoms with Crippen LogP contribution < -0.4 is 0 Å². The summed E-state index contributed by atoms with van der Waals surface area (Å²) in [6.07, 6.45) is 2.59. The summed E-state index contributed by atoms with van der Waals surface area (Å²) in [6.45, 7) is 5.31. The molecule has 0 N–H and O–H groups in total. The number of ether oxygens (including phenoxy) is 2. The smallest absolute Gasteiger partial charge is 0.129 e. The van der Waals surface area contributed by atoms with Crippen molar-refractivity contribution in [3.05, 3.63) is 29.0 Å². The fourth-order valence-electron chi connectivity index (χ4n) is 1.10. The molecule has 3 nitrogen and oxygen atoms in total. The molecule has 0 aliphatic carbocycles. The summed E-state index contributed by atoms with van der Waals surface area (Å²) in [5.74, 6) is 0. The molecule has 90 valence electrons. The van der Waals surface area contributed by atoms with Crippen LogP contribution in [-0.2, 0) is 16.1 Å². The second-order valence-electron chi connectivity index (χ2n) is 4.26. The number of rotatable bonds is 6. The van der Waals surface area contributed by atoms with Gasteiger partial charge in [0.1, 0.15) is 5.15 Å². The summed E-state index contributed by atoms with van der Waals surface area (Å²) in [5.41, 5.74) is 0.901. The van der Waals surface area contributed by atoms with Crippen molar-refractivity contribution < 1.29 is 9.47 Å². The van der Waals surface area contributed by atoms with Gasteiger partial charge in [0.15, 0.2) is 0 Å². The minimum atomic E-state index is -0.127. The highest BCUT2D eigenvalue weighted by Crippen LogP contribution is 2.13. The molecule has 1 heterocycles. The molecule has 0 aliphatic heterocycles. The number of hydrogen-bond donors (Lipinski definition) is 0. The van der Waals surface area contributed by atoms with E-state index in [1.165, 1.54) is 0 Å². The van der Waals surface area contributed by atoms with Gasteiger partial charge in [0.25, 0.3) is 0 Å². The lowest BCUT2D eigenvalue weighted by Gasteiger charge is -2.22. The highest BCUT2D eigenvalue weighted by atomic mass is 35.5. The molecule has 0 spiro atoms. The van der Waals surface area contributed by atoms with Crippen molar-refractivity contribution in [2.24, 2.45) is 0 Å². The lowest BCUT2D eigenvalue weighted by Crippen LogP contribution is -2.24. The zero-order valence-corrected chi connectivity index (χ0v) is 10.8. The molecule has 0 atom stereocenters. The van der Waals surface area contributed by atoms with Crippen molar-refractivity contribution in [2.45, 2.75) is 32.5 Å². The lowest BCUT2D eigenvalue weighted by molar-refractivity contribution is -0.0124. The third-order valence-corrected chi connectivity index (χ3v) is 2.68. The molecule has 1 aromatic rings. The van der Waals surface area contributed by atoms with Crippen LogP contribution in [-0.4, -0.2) is 24.3 Å². The van der Waals surface area contributed by atoms with Crippen LogP contribution in [0.25, 0.3) is 0 Å². The number of hydrogen-bond acceptors (Lipinski definition) is 3. The Balaban J connectivity index is 2.23. The molecule has 0 amide bonds. The number of nitrogens with zero attached hydrogens (tertiary/aromatic N) is 1. The summed E-state index contributed by atoms with van der Waals surface area (Å²) < 4.78 is 10.8. The van der Waals surface area contributed by atoms with Gasteiger partial charge in [-0.05, 0) is 31.9 Å². The summed E-state index contributed by atoms with van der Waals surface area (Å²) >= 11 is 5.68. The average Bonchev–Trinajstić information content (AvgIpc) is 2.27. The molecule has 0 saturated carbocycles. The second kappa shape index (κ2) is 6.18. The summed E-state index contributed by atoms with van der Waals surface area (Å²) in [4.78, 5) is 3.98. The Morgan fingerprint density at radius 1 is 1.38 bits per heavy atom. The van der Waals surface area contributed by atoms with Crippen LogP contribution in [0.3, 0.4) is 0 Å². The Morgan fingerprint density at radius 3 is 2.69 bits per heavy atom. The van der Waals surface area contributed by atoms with E-state index in [0.717, 1.165) is 12.0 Å². The van der Waals surface area contributed by atoms with Crippen LogP contribution in [0, 0.1) is 0 Å². The fraction of sp³-hybridized carbons (Fsp3) is 0.583. The Bertz CT molecular complexity index is 311. The van der Waals surface area contributed by atoms with Crippen LogP contribution >= 0.6 is 11.6 Å². The Hall–Kier alpha value is -0.640. The standard InChI is InChI=1S/C12H18ClNO2/c1-12(2,15-3)6-7-16-9-10-4-5-11(13)14-8-10/h4-5,8H,6-7,9H2,1-3H3. The summed E-state index contributed by atoms with van der Waals surface area (Å²) in [7, 11) is 1.71. The molecule has 0 saturated heterocycles. The molecular weight excluding hydrogens is 226 g/mol. The van der Waals surface area contributed by atoms with Crippen LogP contribution in [0.2, 0.25) is 5.15 Å². The third kappa shape index (κ3) is 4.92. The molecule has 0 aliphatic rings.